The Labute approximate surface area is 198 Å². The van der Waals surface area contributed by atoms with Gasteiger partial charge < -0.3 is 0 Å². The minimum atomic E-state index is -0.380. The van der Waals surface area contributed by atoms with Gasteiger partial charge in [0.2, 0.25) is 4.80 Å². The molecule has 0 unspecified atom stereocenters. The summed E-state index contributed by atoms with van der Waals surface area (Å²) in [6.07, 6.45) is 7.81. The van der Waals surface area contributed by atoms with Gasteiger partial charge in [-0.05, 0) is 41.5 Å². The van der Waals surface area contributed by atoms with Gasteiger partial charge in [-0.25, -0.2) is 4.68 Å². The quantitative estimate of drug-likeness (QED) is 0.245. The molecular formula is C26H30N4O2S. The topological polar surface area (TPSA) is 72.8 Å². The van der Waals surface area contributed by atoms with E-state index in [2.05, 4.69) is 45.0 Å². The van der Waals surface area contributed by atoms with Crippen LogP contribution in [0.1, 0.15) is 64.0 Å². The molecule has 3 aromatic rings. The molecule has 0 spiro atoms. The van der Waals surface area contributed by atoms with E-state index in [9.17, 15) is 10.1 Å². The standard InChI is InChI=1S/C26H30N4O2S/c1-26(2,3)21-13-9-19(10-14-21)17-27-29-24(20-11-15-23(16-12-20)30(31)32)18-33-25(29)28-22-7-5-4-6-8-22/h9-18,22H,4-8H2,1-3H3. The van der Waals surface area contributed by atoms with Crippen molar-refractivity contribution in [2.24, 2.45) is 10.1 Å². The zero-order valence-corrected chi connectivity index (χ0v) is 20.2. The fourth-order valence-electron chi connectivity index (χ4n) is 4.01. The van der Waals surface area contributed by atoms with E-state index < -0.39 is 0 Å². The fraction of sp³-hybridized carbons (Fsp3) is 0.385. The third-order valence-corrected chi connectivity index (χ3v) is 6.86. The summed E-state index contributed by atoms with van der Waals surface area (Å²) >= 11 is 1.56. The minimum Gasteiger partial charge on any atom is -0.258 e. The Bertz CT molecular complexity index is 1190. The lowest BCUT2D eigenvalue weighted by molar-refractivity contribution is -0.384. The maximum absolute atomic E-state index is 11.1. The van der Waals surface area contributed by atoms with Gasteiger partial charge in [0.1, 0.15) is 0 Å². The van der Waals surface area contributed by atoms with Crippen LogP contribution in [0.15, 0.2) is 64.0 Å². The van der Waals surface area contributed by atoms with E-state index in [1.54, 1.807) is 23.5 Å². The molecule has 0 atom stereocenters. The predicted molar refractivity (Wildman–Crippen MR) is 135 cm³/mol. The Balaban J connectivity index is 1.71. The summed E-state index contributed by atoms with van der Waals surface area (Å²) in [5.41, 5.74) is 4.24. The van der Waals surface area contributed by atoms with Crippen LogP contribution in [0.2, 0.25) is 0 Å². The summed E-state index contributed by atoms with van der Waals surface area (Å²) in [5.74, 6) is 0. The Morgan fingerprint density at radius 2 is 1.70 bits per heavy atom. The van der Waals surface area contributed by atoms with E-state index in [0.29, 0.717) is 6.04 Å². The highest BCUT2D eigenvalue weighted by Gasteiger charge is 2.15. The molecule has 7 heteroatoms. The first-order chi connectivity index (χ1) is 15.8. The smallest absolute Gasteiger partial charge is 0.258 e. The van der Waals surface area contributed by atoms with E-state index in [1.807, 2.05) is 16.3 Å². The number of aromatic nitrogens is 1. The van der Waals surface area contributed by atoms with Gasteiger partial charge >= 0.3 is 0 Å². The SMILES string of the molecule is CC(C)(C)c1ccc(C=Nn2c(-c3ccc([N+](=O)[O-])cc3)csc2=NC2CCCCC2)cc1. The number of hydrogen-bond acceptors (Lipinski definition) is 5. The zero-order valence-electron chi connectivity index (χ0n) is 19.4. The fourth-order valence-corrected chi connectivity index (χ4v) is 4.92. The van der Waals surface area contributed by atoms with Crippen molar-refractivity contribution in [2.75, 3.05) is 0 Å². The van der Waals surface area contributed by atoms with Gasteiger partial charge in [0.15, 0.2) is 0 Å². The molecule has 33 heavy (non-hydrogen) atoms. The monoisotopic (exact) mass is 462 g/mol. The van der Waals surface area contributed by atoms with Crippen LogP contribution in [-0.4, -0.2) is 21.9 Å². The van der Waals surface area contributed by atoms with Gasteiger partial charge in [0.25, 0.3) is 5.69 Å². The van der Waals surface area contributed by atoms with Gasteiger partial charge in [0, 0.05) is 23.1 Å². The highest BCUT2D eigenvalue weighted by Crippen LogP contribution is 2.25. The number of nitrogens with zero attached hydrogens (tertiary/aromatic N) is 4. The van der Waals surface area contributed by atoms with Crippen molar-refractivity contribution < 1.29 is 4.92 Å². The summed E-state index contributed by atoms with van der Waals surface area (Å²) in [5, 5.41) is 17.9. The first-order valence-corrected chi connectivity index (χ1v) is 12.3. The van der Waals surface area contributed by atoms with Crippen LogP contribution in [0.4, 0.5) is 5.69 Å². The van der Waals surface area contributed by atoms with Crippen LogP contribution in [0.3, 0.4) is 0 Å². The Morgan fingerprint density at radius 3 is 2.30 bits per heavy atom. The normalized spacial score (nSPS) is 15.9. The van der Waals surface area contributed by atoms with Crippen molar-refractivity contribution in [3.05, 3.63) is 80.0 Å². The maximum Gasteiger partial charge on any atom is 0.269 e. The van der Waals surface area contributed by atoms with Crippen LogP contribution in [0.25, 0.3) is 11.3 Å². The Kier molecular flexibility index (Phi) is 6.88. The van der Waals surface area contributed by atoms with Crippen LogP contribution in [-0.2, 0) is 5.41 Å². The number of nitro benzene ring substituents is 1. The summed E-state index contributed by atoms with van der Waals surface area (Å²) in [6, 6.07) is 15.4. The molecule has 1 saturated carbocycles. The average Bonchev–Trinajstić information content (AvgIpc) is 3.20. The van der Waals surface area contributed by atoms with E-state index in [1.165, 1.54) is 37.0 Å². The number of benzene rings is 2. The van der Waals surface area contributed by atoms with E-state index in [4.69, 9.17) is 10.1 Å². The maximum atomic E-state index is 11.1. The average molecular weight is 463 g/mol. The van der Waals surface area contributed by atoms with E-state index in [0.717, 1.165) is 34.5 Å². The molecule has 172 valence electrons. The van der Waals surface area contributed by atoms with Gasteiger partial charge in [-0.3, -0.25) is 15.1 Å². The van der Waals surface area contributed by atoms with Crippen molar-refractivity contribution in [3.63, 3.8) is 0 Å². The molecule has 1 aromatic heterocycles. The molecule has 1 heterocycles. The highest BCUT2D eigenvalue weighted by molar-refractivity contribution is 7.07. The first kappa shape index (κ1) is 23.1. The van der Waals surface area contributed by atoms with Crippen LogP contribution in [0.5, 0.6) is 0 Å². The molecule has 0 saturated heterocycles. The van der Waals surface area contributed by atoms with Gasteiger partial charge in [-0.1, -0.05) is 64.3 Å². The lowest BCUT2D eigenvalue weighted by Gasteiger charge is -2.18. The van der Waals surface area contributed by atoms with Crippen molar-refractivity contribution >= 4 is 23.2 Å². The first-order valence-electron chi connectivity index (χ1n) is 11.5. The summed E-state index contributed by atoms with van der Waals surface area (Å²) < 4.78 is 1.87. The van der Waals surface area contributed by atoms with Crippen LogP contribution >= 0.6 is 11.3 Å². The van der Waals surface area contributed by atoms with Crippen molar-refractivity contribution in [3.8, 4) is 11.3 Å². The van der Waals surface area contributed by atoms with Crippen LogP contribution in [0, 0.1) is 10.1 Å². The number of thiazole rings is 1. The molecule has 1 aliphatic carbocycles. The summed E-state index contributed by atoms with van der Waals surface area (Å²) in [7, 11) is 0. The number of hydrogen-bond donors (Lipinski definition) is 0. The van der Waals surface area contributed by atoms with Crippen molar-refractivity contribution in [1.29, 1.82) is 0 Å². The lowest BCUT2D eigenvalue weighted by atomic mass is 9.87. The third-order valence-electron chi connectivity index (χ3n) is 6.03. The molecule has 2 aromatic carbocycles. The third kappa shape index (κ3) is 5.66. The summed E-state index contributed by atoms with van der Waals surface area (Å²) in [6.45, 7) is 6.60. The lowest BCUT2D eigenvalue weighted by Crippen LogP contribution is -2.19. The molecule has 1 aliphatic rings. The molecule has 0 N–H and O–H groups in total. The molecule has 0 radical (unpaired) electrons. The molecule has 1 fully saturated rings. The second-order valence-electron chi connectivity index (χ2n) is 9.56. The molecule has 6 nitrogen and oxygen atoms in total. The predicted octanol–water partition coefficient (Wildman–Crippen LogP) is 6.54. The highest BCUT2D eigenvalue weighted by atomic mass is 32.1. The van der Waals surface area contributed by atoms with Crippen LogP contribution < -0.4 is 4.80 Å². The van der Waals surface area contributed by atoms with Crippen molar-refractivity contribution in [1.82, 2.24) is 4.68 Å². The Morgan fingerprint density at radius 1 is 1.03 bits per heavy atom. The van der Waals surface area contributed by atoms with Gasteiger partial charge in [0.05, 0.1) is 22.9 Å². The molecule has 0 bridgehead atoms. The van der Waals surface area contributed by atoms with Crippen molar-refractivity contribution in [2.45, 2.75) is 64.3 Å². The molecule has 0 amide bonds. The van der Waals surface area contributed by atoms with Gasteiger partial charge in [-0.15, -0.1) is 11.3 Å². The number of non-ortho nitro benzene ring substituents is 1. The minimum absolute atomic E-state index is 0.0788. The molecule has 0 aliphatic heterocycles. The second-order valence-corrected chi connectivity index (χ2v) is 10.4. The second kappa shape index (κ2) is 9.83. The molecular weight excluding hydrogens is 432 g/mol. The van der Waals surface area contributed by atoms with E-state index in [-0.39, 0.29) is 16.0 Å². The van der Waals surface area contributed by atoms with Gasteiger partial charge in [-0.2, -0.15) is 5.10 Å². The summed E-state index contributed by atoms with van der Waals surface area (Å²) in [4.78, 5) is 16.6. The number of rotatable bonds is 5. The Hall–Kier alpha value is -3.06. The zero-order chi connectivity index (χ0) is 23.4. The number of nitro groups is 1. The molecule has 4 rings (SSSR count). The largest absolute Gasteiger partial charge is 0.269 e. The van der Waals surface area contributed by atoms with E-state index >= 15 is 0 Å².